The molecule has 332 valence electrons. The summed E-state index contributed by atoms with van der Waals surface area (Å²) >= 11 is 27.6. The number of imide groups is 1. The molecule has 2 unspecified atom stereocenters. The van der Waals surface area contributed by atoms with Gasteiger partial charge in [-0.15, -0.1) is 0 Å². The van der Waals surface area contributed by atoms with Crippen molar-refractivity contribution >= 4 is 105 Å². The second kappa shape index (κ2) is 20.1. The van der Waals surface area contributed by atoms with Gasteiger partial charge in [-0.05, 0) is 196 Å². The van der Waals surface area contributed by atoms with Crippen LogP contribution < -0.4 is 5.32 Å². The maximum Gasteiger partial charge on any atom is 0.261 e. The van der Waals surface area contributed by atoms with E-state index in [0.717, 1.165) is 85.2 Å². The Kier molecular flexibility index (Phi) is 14.5. The normalized spacial score (nSPS) is 19.7. The third-order valence-corrected chi connectivity index (χ3v) is 16.3. The Bertz CT molecular complexity index is 2600. The minimum absolute atomic E-state index is 0.0757. The number of hydrogen-bond donors (Lipinski definition) is 1. The first-order valence-corrected chi connectivity index (χ1v) is 26.1. The smallest absolute Gasteiger partial charge is 0.261 e. The highest BCUT2D eigenvalue weighted by Gasteiger charge is 2.38. The molecule has 1 N–H and O–H groups in total. The SMILES string of the molecule is Clc1cc(Br)c2c(c1)CCc1cc(Br)cnc1C2C1CCNCC1.O=C(CCCN1C(=O)c2ccccc2C1=O)N1CCC(C2c3ncc(Br)cc3CCc3cc(Cl)cc(Br)c32)CC1. The van der Waals surface area contributed by atoms with Crippen LogP contribution in [0.25, 0.3) is 0 Å². The summed E-state index contributed by atoms with van der Waals surface area (Å²) in [5.74, 6) is 0.957. The fraction of sp³-hybridized carbons (Fsp3) is 0.380. The summed E-state index contributed by atoms with van der Waals surface area (Å²) in [6.07, 6.45) is 12.6. The van der Waals surface area contributed by atoms with E-state index in [-0.39, 0.29) is 30.2 Å². The highest BCUT2D eigenvalue weighted by Crippen LogP contribution is 2.48. The third kappa shape index (κ3) is 9.58. The van der Waals surface area contributed by atoms with E-state index in [9.17, 15) is 14.4 Å². The molecular weight excluding hydrogens is 1110 g/mol. The van der Waals surface area contributed by atoms with Gasteiger partial charge < -0.3 is 10.2 Å². The summed E-state index contributed by atoms with van der Waals surface area (Å²) in [6.45, 7) is 3.79. The average Bonchev–Trinajstić information content (AvgIpc) is 3.39. The zero-order valence-corrected chi connectivity index (χ0v) is 43.0. The molecule has 5 aliphatic rings. The lowest BCUT2D eigenvalue weighted by Gasteiger charge is -2.37. The molecule has 3 amide bonds. The molecule has 64 heavy (non-hydrogen) atoms. The van der Waals surface area contributed by atoms with Gasteiger partial charge in [-0.25, -0.2) is 0 Å². The first-order valence-electron chi connectivity index (χ1n) is 22.1. The lowest BCUT2D eigenvalue weighted by atomic mass is 9.76. The molecule has 0 spiro atoms. The van der Waals surface area contributed by atoms with Crippen LogP contribution in [-0.4, -0.2) is 70.2 Å². The van der Waals surface area contributed by atoms with E-state index in [2.05, 4.69) is 93.3 Å². The zero-order chi connectivity index (χ0) is 44.6. The van der Waals surface area contributed by atoms with Crippen molar-refractivity contribution in [3.8, 4) is 0 Å². The van der Waals surface area contributed by atoms with Gasteiger partial charge in [0.1, 0.15) is 0 Å². The first kappa shape index (κ1) is 46.2. The topological polar surface area (TPSA) is 95.5 Å². The number of amides is 3. The van der Waals surface area contributed by atoms with E-state index >= 15 is 0 Å². The fourth-order valence-corrected chi connectivity index (χ4v) is 13.7. The summed E-state index contributed by atoms with van der Waals surface area (Å²) in [4.78, 5) is 51.4. The van der Waals surface area contributed by atoms with Crippen LogP contribution in [0, 0.1) is 11.8 Å². The second-order valence-corrected chi connectivity index (χ2v) is 21.9. The quantitative estimate of drug-likeness (QED) is 0.170. The number of hydrogen-bond acceptors (Lipinski definition) is 6. The largest absolute Gasteiger partial charge is 0.343 e. The molecule has 2 fully saturated rings. The van der Waals surface area contributed by atoms with E-state index in [1.54, 1.807) is 24.3 Å². The van der Waals surface area contributed by atoms with E-state index < -0.39 is 0 Å². The molecular formula is C50H47Br4Cl2N5O3. The molecule has 10 rings (SSSR count). The van der Waals surface area contributed by atoms with Crippen LogP contribution in [0.1, 0.15) is 116 Å². The number of nitrogens with one attached hydrogen (secondary N) is 1. The molecule has 0 saturated carbocycles. The molecule has 3 aromatic carbocycles. The molecule has 0 radical (unpaired) electrons. The molecule has 3 aliphatic heterocycles. The molecule has 2 saturated heterocycles. The predicted octanol–water partition coefficient (Wildman–Crippen LogP) is 12.3. The van der Waals surface area contributed by atoms with Gasteiger partial charge in [0.15, 0.2) is 0 Å². The van der Waals surface area contributed by atoms with Crippen molar-refractivity contribution in [1.82, 2.24) is 25.1 Å². The number of fused-ring (bicyclic) bond motifs is 5. The van der Waals surface area contributed by atoms with Gasteiger partial charge in [0.05, 0.1) is 22.5 Å². The Morgan fingerprint density at radius 3 is 1.62 bits per heavy atom. The minimum Gasteiger partial charge on any atom is -0.343 e. The summed E-state index contributed by atoms with van der Waals surface area (Å²) in [6, 6.07) is 19.6. The Hall–Kier alpha value is -2.97. The number of benzene rings is 3. The van der Waals surface area contributed by atoms with Crippen molar-refractivity contribution in [2.45, 2.75) is 76.0 Å². The van der Waals surface area contributed by atoms with Crippen LogP contribution in [0.4, 0.5) is 0 Å². The lowest BCUT2D eigenvalue weighted by Crippen LogP contribution is -2.40. The van der Waals surface area contributed by atoms with Crippen LogP contribution in [0.5, 0.6) is 0 Å². The van der Waals surface area contributed by atoms with Crippen molar-refractivity contribution in [2.75, 3.05) is 32.7 Å². The number of carbonyl (C=O) groups is 3. The number of halogens is 6. The molecule has 2 aliphatic carbocycles. The molecule has 2 aromatic heterocycles. The monoisotopic (exact) mass is 1150 g/mol. The number of likely N-dealkylation sites (tertiary alicyclic amines) is 1. The molecule has 0 bridgehead atoms. The lowest BCUT2D eigenvalue weighted by molar-refractivity contribution is -0.132. The average molecular weight is 1160 g/mol. The molecule has 5 heterocycles. The van der Waals surface area contributed by atoms with Gasteiger partial charge in [-0.3, -0.25) is 29.3 Å². The number of rotatable bonds is 6. The number of carbonyl (C=O) groups excluding carboxylic acids is 3. The van der Waals surface area contributed by atoms with E-state index in [0.29, 0.717) is 54.8 Å². The predicted molar refractivity (Wildman–Crippen MR) is 267 cm³/mol. The minimum atomic E-state index is -0.272. The van der Waals surface area contributed by atoms with Crippen LogP contribution in [-0.2, 0) is 30.5 Å². The Morgan fingerprint density at radius 2 is 1.12 bits per heavy atom. The third-order valence-electron chi connectivity index (χ3n) is 13.7. The number of pyridine rings is 2. The summed E-state index contributed by atoms with van der Waals surface area (Å²) < 4.78 is 4.19. The number of piperidine rings is 2. The van der Waals surface area contributed by atoms with Crippen LogP contribution in [0.3, 0.4) is 0 Å². The van der Waals surface area contributed by atoms with E-state index in [1.165, 1.54) is 56.8 Å². The number of nitrogens with zero attached hydrogens (tertiary/aromatic N) is 4. The fourth-order valence-electron chi connectivity index (χ4n) is 10.7. The van der Waals surface area contributed by atoms with Crippen LogP contribution >= 0.6 is 86.9 Å². The van der Waals surface area contributed by atoms with Crippen molar-refractivity contribution < 1.29 is 14.4 Å². The number of aryl methyl sites for hydroxylation is 4. The standard InChI is InChI=1S/C31H28Br2ClN3O3.C19H19Br2ClN2/c32-21-14-20-8-7-19-15-22(34)16-25(33)27(19)28(29(20)35-17-21)18-9-12-36(13-10-18)26(38)6-3-11-37-30(39)23-4-1-2-5-24(23)31(37)40;20-14-7-13-2-1-12-8-15(22)9-16(21)17(12)18(19(13)24-10-14)11-3-5-23-6-4-11/h1-2,4-5,14-18,28H,3,6-13H2;7-11,18,23H,1-6H2. The maximum absolute atomic E-state index is 13.1. The van der Waals surface area contributed by atoms with Gasteiger partial charge in [-0.2, -0.15) is 0 Å². The van der Waals surface area contributed by atoms with Crippen molar-refractivity contribution in [1.29, 1.82) is 0 Å². The molecule has 8 nitrogen and oxygen atoms in total. The van der Waals surface area contributed by atoms with Gasteiger partial charge in [0.25, 0.3) is 11.8 Å². The molecule has 2 atom stereocenters. The highest BCUT2D eigenvalue weighted by atomic mass is 79.9. The van der Waals surface area contributed by atoms with E-state index in [4.69, 9.17) is 33.2 Å². The Morgan fingerprint density at radius 1 is 0.656 bits per heavy atom. The van der Waals surface area contributed by atoms with Crippen molar-refractivity contribution in [3.63, 3.8) is 0 Å². The molecule has 5 aromatic rings. The highest BCUT2D eigenvalue weighted by molar-refractivity contribution is 9.11. The molecule has 14 heteroatoms. The summed E-state index contributed by atoms with van der Waals surface area (Å²) in [5, 5.41) is 5.03. The van der Waals surface area contributed by atoms with Crippen molar-refractivity contribution in [2.24, 2.45) is 11.8 Å². The van der Waals surface area contributed by atoms with Crippen molar-refractivity contribution in [3.05, 3.63) is 157 Å². The number of aromatic nitrogens is 2. The van der Waals surface area contributed by atoms with E-state index in [1.807, 2.05) is 29.4 Å². The van der Waals surface area contributed by atoms with Crippen LogP contribution in [0.15, 0.2) is 90.9 Å². The summed E-state index contributed by atoms with van der Waals surface area (Å²) in [5.41, 5.74) is 11.2. The summed E-state index contributed by atoms with van der Waals surface area (Å²) in [7, 11) is 0. The van der Waals surface area contributed by atoms with Gasteiger partial charge in [-0.1, -0.05) is 67.2 Å². The van der Waals surface area contributed by atoms with Gasteiger partial charge in [0, 0.05) is 78.2 Å². The Labute approximate surface area is 418 Å². The van der Waals surface area contributed by atoms with Gasteiger partial charge >= 0.3 is 0 Å². The van der Waals surface area contributed by atoms with Crippen LogP contribution in [0.2, 0.25) is 10.0 Å². The Balaban J connectivity index is 0.000000184. The maximum atomic E-state index is 13.1. The van der Waals surface area contributed by atoms with Gasteiger partial charge in [0.2, 0.25) is 5.91 Å². The first-order chi connectivity index (χ1) is 30.9. The zero-order valence-electron chi connectivity index (χ0n) is 35.1. The second-order valence-electron chi connectivity index (χ2n) is 17.5.